The van der Waals surface area contributed by atoms with Gasteiger partial charge in [0.15, 0.2) is 0 Å². The number of ether oxygens (including phenoxy) is 1. The Hall–Kier alpha value is -2.56. The van der Waals surface area contributed by atoms with Gasteiger partial charge in [-0.2, -0.15) is 0 Å². The third-order valence-electron chi connectivity index (χ3n) is 4.82. The summed E-state index contributed by atoms with van der Waals surface area (Å²) in [5, 5.41) is 3.15. The maximum atomic E-state index is 12.9. The first-order valence-electron chi connectivity index (χ1n) is 8.77. The zero-order valence-electron chi connectivity index (χ0n) is 14.9. The summed E-state index contributed by atoms with van der Waals surface area (Å²) in [6.07, 6.45) is 3.04. The van der Waals surface area contributed by atoms with Gasteiger partial charge in [-0.25, -0.2) is 4.79 Å². The van der Waals surface area contributed by atoms with Gasteiger partial charge in [-0.3, -0.25) is 4.79 Å². The molecule has 25 heavy (non-hydrogen) atoms. The van der Waals surface area contributed by atoms with Crippen LogP contribution in [0.3, 0.4) is 0 Å². The zero-order chi connectivity index (χ0) is 18.0. The Morgan fingerprint density at radius 1 is 1.28 bits per heavy atom. The van der Waals surface area contributed by atoms with Crippen molar-refractivity contribution >= 4 is 11.9 Å². The molecule has 0 fully saturated rings. The highest BCUT2D eigenvalue weighted by Crippen LogP contribution is 2.30. The highest BCUT2D eigenvalue weighted by molar-refractivity contribution is 6.01. The molecule has 1 heterocycles. The lowest BCUT2D eigenvalue weighted by Gasteiger charge is -2.26. The molecule has 0 unspecified atom stereocenters. The third kappa shape index (κ3) is 3.31. The Kier molecular flexibility index (Phi) is 4.93. The summed E-state index contributed by atoms with van der Waals surface area (Å²) in [6, 6.07) is 8.26. The summed E-state index contributed by atoms with van der Waals surface area (Å²) in [7, 11) is 0. The van der Waals surface area contributed by atoms with Crippen molar-refractivity contribution in [3.8, 4) is 0 Å². The van der Waals surface area contributed by atoms with Crippen molar-refractivity contribution in [3.63, 3.8) is 0 Å². The number of aryl methyl sites for hydroxylation is 2. The Morgan fingerprint density at radius 3 is 2.80 bits per heavy atom. The second-order valence-electron chi connectivity index (χ2n) is 6.46. The predicted octanol–water partition coefficient (Wildman–Crippen LogP) is 3.62. The molecule has 1 aromatic heterocycles. The van der Waals surface area contributed by atoms with Crippen LogP contribution in [-0.2, 0) is 11.2 Å². The van der Waals surface area contributed by atoms with Crippen molar-refractivity contribution in [3.05, 3.63) is 57.9 Å². The number of H-pyrrole nitrogens is 1. The molecule has 0 radical (unpaired) electrons. The zero-order valence-corrected chi connectivity index (χ0v) is 14.9. The van der Waals surface area contributed by atoms with Crippen LogP contribution >= 0.6 is 0 Å². The monoisotopic (exact) mass is 340 g/mol. The molecule has 5 nitrogen and oxygen atoms in total. The van der Waals surface area contributed by atoms with Crippen LogP contribution in [0.4, 0.5) is 0 Å². The van der Waals surface area contributed by atoms with Gasteiger partial charge in [0.1, 0.15) is 5.69 Å². The van der Waals surface area contributed by atoms with E-state index in [1.807, 2.05) is 12.1 Å². The fourth-order valence-electron chi connectivity index (χ4n) is 3.63. The van der Waals surface area contributed by atoms with Crippen LogP contribution in [0, 0.1) is 13.8 Å². The summed E-state index contributed by atoms with van der Waals surface area (Å²) < 4.78 is 5.05. The molecule has 0 aliphatic heterocycles. The summed E-state index contributed by atoms with van der Waals surface area (Å²) in [6.45, 7) is 5.65. The number of esters is 1. The number of nitrogens with one attached hydrogen (secondary N) is 2. The number of benzene rings is 1. The van der Waals surface area contributed by atoms with Crippen molar-refractivity contribution in [1.29, 1.82) is 0 Å². The first-order valence-corrected chi connectivity index (χ1v) is 8.77. The number of amides is 1. The van der Waals surface area contributed by atoms with E-state index in [0.29, 0.717) is 29.1 Å². The van der Waals surface area contributed by atoms with E-state index in [1.54, 1.807) is 20.8 Å². The maximum absolute atomic E-state index is 12.9. The number of hydrogen-bond acceptors (Lipinski definition) is 3. The average Bonchev–Trinajstić information content (AvgIpc) is 2.90. The van der Waals surface area contributed by atoms with E-state index in [0.717, 1.165) is 19.3 Å². The van der Waals surface area contributed by atoms with Gasteiger partial charge in [0.2, 0.25) is 0 Å². The SMILES string of the molecule is CCOC(=O)c1[nH]c(C)c(C(=O)N[C@@H]2CCCc3ccccc32)c1C. The third-order valence-corrected chi connectivity index (χ3v) is 4.82. The van der Waals surface area contributed by atoms with Crippen molar-refractivity contribution in [2.75, 3.05) is 6.61 Å². The van der Waals surface area contributed by atoms with Crippen molar-refractivity contribution in [1.82, 2.24) is 10.3 Å². The van der Waals surface area contributed by atoms with Gasteiger partial charge in [0.05, 0.1) is 18.2 Å². The van der Waals surface area contributed by atoms with Gasteiger partial charge in [-0.1, -0.05) is 24.3 Å². The quantitative estimate of drug-likeness (QED) is 0.835. The molecule has 0 bridgehead atoms. The average molecular weight is 340 g/mol. The maximum Gasteiger partial charge on any atom is 0.355 e. The predicted molar refractivity (Wildman–Crippen MR) is 95.8 cm³/mol. The Morgan fingerprint density at radius 2 is 2.04 bits per heavy atom. The summed E-state index contributed by atoms with van der Waals surface area (Å²) in [5.74, 6) is -0.575. The second kappa shape index (κ2) is 7.13. The van der Waals surface area contributed by atoms with E-state index in [2.05, 4.69) is 22.4 Å². The largest absolute Gasteiger partial charge is 0.461 e. The van der Waals surface area contributed by atoms with E-state index < -0.39 is 5.97 Å². The van der Waals surface area contributed by atoms with Crippen LogP contribution in [-0.4, -0.2) is 23.5 Å². The first-order chi connectivity index (χ1) is 12.0. The Bertz CT molecular complexity index is 807. The van der Waals surface area contributed by atoms with Crippen LogP contribution in [0.25, 0.3) is 0 Å². The highest BCUT2D eigenvalue weighted by Gasteiger charge is 2.26. The van der Waals surface area contributed by atoms with Gasteiger partial charge in [0, 0.05) is 5.69 Å². The van der Waals surface area contributed by atoms with Gasteiger partial charge >= 0.3 is 5.97 Å². The standard InChI is InChI=1S/C20H24N2O3/c1-4-25-20(24)18-12(2)17(13(3)21-18)19(23)22-16-11-7-9-14-8-5-6-10-15(14)16/h5-6,8,10,16,21H,4,7,9,11H2,1-3H3,(H,22,23)/t16-/m1/s1. The second-order valence-corrected chi connectivity index (χ2v) is 6.46. The van der Waals surface area contributed by atoms with E-state index >= 15 is 0 Å². The lowest BCUT2D eigenvalue weighted by Crippen LogP contribution is -2.31. The van der Waals surface area contributed by atoms with Gasteiger partial charge < -0.3 is 15.0 Å². The van der Waals surface area contributed by atoms with E-state index in [-0.39, 0.29) is 11.9 Å². The van der Waals surface area contributed by atoms with Crippen molar-refractivity contribution in [2.45, 2.75) is 46.1 Å². The van der Waals surface area contributed by atoms with E-state index in [1.165, 1.54) is 11.1 Å². The molecule has 5 heteroatoms. The number of rotatable bonds is 4. The van der Waals surface area contributed by atoms with Gasteiger partial charge in [-0.15, -0.1) is 0 Å². The molecule has 1 aliphatic rings. The molecule has 132 valence electrons. The highest BCUT2D eigenvalue weighted by atomic mass is 16.5. The number of carbonyl (C=O) groups is 2. The van der Waals surface area contributed by atoms with Crippen LogP contribution in [0.5, 0.6) is 0 Å². The lowest BCUT2D eigenvalue weighted by molar-refractivity contribution is 0.0519. The minimum Gasteiger partial charge on any atom is -0.461 e. The molecular formula is C20H24N2O3. The molecular weight excluding hydrogens is 316 g/mol. The topological polar surface area (TPSA) is 71.2 Å². The fraction of sp³-hybridized carbons (Fsp3) is 0.400. The number of hydrogen-bond donors (Lipinski definition) is 2. The number of aromatic nitrogens is 1. The molecule has 3 rings (SSSR count). The number of carbonyl (C=O) groups excluding carboxylic acids is 2. The Balaban J connectivity index is 1.84. The minimum atomic E-state index is -0.426. The van der Waals surface area contributed by atoms with Crippen molar-refractivity contribution in [2.24, 2.45) is 0 Å². The number of aromatic amines is 1. The lowest BCUT2D eigenvalue weighted by atomic mass is 9.87. The molecule has 1 amide bonds. The fourth-order valence-corrected chi connectivity index (χ4v) is 3.63. The summed E-state index contributed by atoms with van der Waals surface area (Å²) in [5.41, 5.74) is 4.70. The van der Waals surface area contributed by atoms with Gasteiger partial charge in [-0.05, 0) is 56.7 Å². The molecule has 0 saturated heterocycles. The molecule has 1 aliphatic carbocycles. The van der Waals surface area contributed by atoms with Gasteiger partial charge in [0.25, 0.3) is 5.91 Å². The minimum absolute atomic E-state index is 0.0113. The number of fused-ring (bicyclic) bond motifs is 1. The van der Waals surface area contributed by atoms with Crippen LogP contribution in [0.15, 0.2) is 24.3 Å². The molecule has 1 aromatic carbocycles. The van der Waals surface area contributed by atoms with Crippen LogP contribution in [0.2, 0.25) is 0 Å². The molecule has 2 N–H and O–H groups in total. The molecule has 1 atom stereocenters. The van der Waals surface area contributed by atoms with Crippen LogP contribution in [0.1, 0.15) is 69.0 Å². The molecule has 0 spiro atoms. The molecule has 2 aromatic rings. The Labute approximate surface area is 147 Å². The van der Waals surface area contributed by atoms with Crippen LogP contribution < -0.4 is 5.32 Å². The van der Waals surface area contributed by atoms with E-state index in [9.17, 15) is 9.59 Å². The first kappa shape index (κ1) is 17.3. The normalized spacial score (nSPS) is 16.2. The van der Waals surface area contributed by atoms with E-state index in [4.69, 9.17) is 4.74 Å². The van der Waals surface area contributed by atoms with Crippen molar-refractivity contribution < 1.29 is 14.3 Å². The smallest absolute Gasteiger partial charge is 0.355 e. The summed E-state index contributed by atoms with van der Waals surface area (Å²) >= 11 is 0. The molecule has 0 saturated carbocycles. The summed E-state index contributed by atoms with van der Waals surface area (Å²) in [4.78, 5) is 27.9.